The number of para-hydroxylation sites is 1. The summed E-state index contributed by atoms with van der Waals surface area (Å²) < 4.78 is 16.0. The molecule has 1 amide bonds. The van der Waals surface area contributed by atoms with Gasteiger partial charge in [0.2, 0.25) is 0 Å². The lowest BCUT2D eigenvalue weighted by atomic mass is 10.1. The molecular formula is C18H17BrN2O7. The number of benzene rings is 2. The van der Waals surface area contributed by atoms with E-state index in [1.54, 1.807) is 31.2 Å². The molecule has 10 heteroatoms. The van der Waals surface area contributed by atoms with E-state index in [0.29, 0.717) is 10.2 Å². The predicted octanol–water partition coefficient (Wildman–Crippen LogP) is 3.56. The lowest BCUT2D eigenvalue weighted by Crippen LogP contribution is -2.21. The molecular weight excluding hydrogens is 436 g/mol. The summed E-state index contributed by atoms with van der Waals surface area (Å²) >= 11 is 3.28. The summed E-state index contributed by atoms with van der Waals surface area (Å²) in [4.78, 5) is 34.9. The molecule has 0 radical (unpaired) electrons. The SMILES string of the molecule is CCOc1cc(C(=O)OCC(=O)Nc2ccccc2Br)c([N+](=O)[O-])cc1OC. The Morgan fingerprint density at radius 2 is 1.93 bits per heavy atom. The molecule has 0 unspecified atom stereocenters. The van der Waals surface area contributed by atoms with Crippen molar-refractivity contribution in [2.45, 2.75) is 6.92 Å². The van der Waals surface area contributed by atoms with Gasteiger partial charge in [-0.3, -0.25) is 14.9 Å². The molecule has 2 aromatic carbocycles. The first-order valence-corrected chi connectivity index (χ1v) is 8.87. The van der Waals surface area contributed by atoms with E-state index in [1.165, 1.54) is 7.11 Å². The van der Waals surface area contributed by atoms with Gasteiger partial charge < -0.3 is 19.5 Å². The zero-order valence-corrected chi connectivity index (χ0v) is 16.6. The number of methoxy groups -OCH3 is 1. The highest BCUT2D eigenvalue weighted by Gasteiger charge is 2.26. The summed E-state index contributed by atoms with van der Waals surface area (Å²) in [5, 5.41) is 13.9. The summed E-state index contributed by atoms with van der Waals surface area (Å²) in [6.45, 7) is 1.36. The number of ether oxygens (including phenoxy) is 3. The molecule has 0 saturated carbocycles. The van der Waals surface area contributed by atoms with Crippen LogP contribution in [0.3, 0.4) is 0 Å². The monoisotopic (exact) mass is 452 g/mol. The third-order valence-electron chi connectivity index (χ3n) is 3.48. The first-order valence-electron chi connectivity index (χ1n) is 8.08. The van der Waals surface area contributed by atoms with Crippen molar-refractivity contribution in [3.05, 3.63) is 56.5 Å². The van der Waals surface area contributed by atoms with Gasteiger partial charge in [0.25, 0.3) is 11.6 Å². The van der Waals surface area contributed by atoms with Crippen molar-refractivity contribution in [2.75, 3.05) is 25.6 Å². The van der Waals surface area contributed by atoms with Crippen molar-refractivity contribution < 1.29 is 28.7 Å². The highest BCUT2D eigenvalue weighted by molar-refractivity contribution is 9.10. The maximum absolute atomic E-state index is 12.3. The van der Waals surface area contributed by atoms with Crippen molar-refractivity contribution in [1.29, 1.82) is 0 Å². The van der Waals surface area contributed by atoms with Gasteiger partial charge in [-0.25, -0.2) is 4.79 Å². The van der Waals surface area contributed by atoms with Crippen LogP contribution in [-0.2, 0) is 9.53 Å². The molecule has 0 aromatic heterocycles. The number of nitro benzene ring substituents is 1. The molecule has 0 bridgehead atoms. The molecule has 0 atom stereocenters. The topological polar surface area (TPSA) is 117 Å². The van der Waals surface area contributed by atoms with Crippen LogP contribution in [0.4, 0.5) is 11.4 Å². The van der Waals surface area contributed by atoms with Crippen LogP contribution in [0.5, 0.6) is 11.5 Å². The third kappa shape index (κ3) is 5.19. The number of carbonyl (C=O) groups excluding carboxylic acids is 2. The molecule has 0 aliphatic carbocycles. The van der Waals surface area contributed by atoms with Gasteiger partial charge in [-0.15, -0.1) is 0 Å². The van der Waals surface area contributed by atoms with Gasteiger partial charge in [-0.1, -0.05) is 12.1 Å². The molecule has 0 fully saturated rings. The molecule has 0 spiro atoms. The van der Waals surface area contributed by atoms with Crippen LogP contribution in [0, 0.1) is 10.1 Å². The second kappa shape index (κ2) is 9.70. The second-order valence-electron chi connectivity index (χ2n) is 5.31. The van der Waals surface area contributed by atoms with Gasteiger partial charge in [0.1, 0.15) is 5.56 Å². The number of hydrogen-bond acceptors (Lipinski definition) is 7. The standard InChI is InChI=1S/C18H17BrN2O7/c1-3-27-16-8-11(14(21(24)25)9-15(16)26-2)18(23)28-10-17(22)20-13-7-5-4-6-12(13)19/h4-9H,3,10H2,1-2H3,(H,20,22). The minimum absolute atomic E-state index is 0.108. The Labute approximate surface area is 168 Å². The number of rotatable bonds is 8. The lowest BCUT2D eigenvalue weighted by molar-refractivity contribution is -0.385. The average molecular weight is 453 g/mol. The second-order valence-corrected chi connectivity index (χ2v) is 6.17. The smallest absolute Gasteiger partial charge is 0.345 e. The molecule has 0 aliphatic heterocycles. The Kier molecular flexibility index (Phi) is 7.33. The van der Waals surface area contributed by atoms with Crippen LogP contribution in [-0.4, -0.2) is 37.1 Å². The van der Waals surface area contributed by atoms with Crippen molar-refractivity contribution in [1.82, 2.24) is 0 Å². The number of nitro groups is 1. The minimum atomic E-state index is -1.03. The van der Waals surface area contributed by atoms with E-state index < -0.39 is 29.1 Å². The number of esters is 1. The van der Waals surface area contributed by atoms with E-state index in [2.05, 4.69) is 21.2 Å². The first kappa shape index (κ1) is 21.2. The number of nitrogens with zero attached hydrogens (tertiary/aromatic N) is 1. The molecule has 0 heterocycles. The van der Waals surface area contributed by atoms with Crippen LogP contribution in [0.1, 0.15) is 17.3 Å². The molecule has 148 valence electrons. The Balaban J connectivity index is 2.16. The van der Waals surface area contributed by atoms with E-state index in [1.807, 2.05) is 0 Å². The maximum atomic E-state index is 12.3. The summed E-state index contributed by atoms with van der Waals surface area (Å²) in [5.41, 5.74) is -0.364. The number of anilines is 1. The van der Waals surface area contributed by atoms with Gasteiger partial charge in [-0.2, -0.15) is 0 Å². The average Bonchev–Trinajstić information content (AvgIpc) is 2.67. The third-order valence-corrected chi connectivity index (χ3v) is 4.17. The summed E-state index contributed by atoms with van der Waals surface area (Å²) in [6, 6.07) is 9.13. The van der Waals surface area contributed by atoms with Gasteiger partial charge in [0, 0.05) is 10.5 Å². The number of amides is 1. The van der Waals surface area contributed by atoms with Crippen LogP contribution in [0.2, 0.25) is 0 Å². The van der Waals surface area contributed by atoms with Gasteiger partial charge >= 0.3 is 5.97 Å². The number of halogens is 1. The first-order chi connectivity index (χ1) is 13.4. The zero-order chi connectivity index (χ0) is 20.7. The molecule has 1 N–H and O–H groups in total. The zero-order valence-electron chi connectivity index (χ0n) is 15.1. The Hall–Kier alpha value is -3.14. The number of hydrogen-bond donors (Lipinski definition) is 1. The quantitative estimate of drug-likeness (QED) is 0.369. The fourth-order valence-electron chi connectivity index (χ4n) is 2.25. The van der Waals surface area contributed by atoms with Crippen LogP contribution >= 0.6 is 15.9 Å². The van der Waals surface area contributed by atoms with E-state index in [0.717, 1.165) is 12.1 Å². The molecule has 2 aromatic rings. The van der Waals surface area contributed by atoms with Crippen molar-refractivity contribution in [3.8, 4) is 11.5 Å². The fraction of sp³-hybridized carbons (Fsp3) is 0.222. The van der Waals surface area contributed by atoms with Gasteiger partial charge in [0.15, 0.2) is 18.1 Å². The summed E-state index contributed by atoms with van der Waals surface area (Å²) in [5.74, 6) is -1.36. The largest absolute Gasteiger partial charge is 0.493 e. The molecule has 0 saturated heterocycles. The van der Waals surface area contributed by atoms with Crippen LogP contribution < -0.4 is 14.8 Å². The van der Waals surface area contributed by atoms with Crippen molar-refractivity contribution in [3.63, 3.8) is 0 Å². The van der Waals surface area contributed by atoms with E-state index in [9.17, 15) is 19.7 Å². The molecule has 28 heavy (non-hydrogen) atoms. The Bertz CT molecular complexity index is 901. The highest BCUT2D eigenvalue weighted by Crippen LogP contribution is 2.35. The van der Waals surface area contributed by atoms with Crippen molar-refractivity contribution in [2.24, 2.45) is 0 Å². The number of carbonyl (C=O) groups is 2. The van der Waals surface area contributed by atoms with E-state index in [4.69, 9.17) is 14.2 Å². The van der Waals surface area contributed by atoms with Crippen LogP contribution in [0.25, 0.3) is 0 Å². The van der Waals surface area contributed by atoms with Crippen LogP contribution in [0.15, 0.2) is 40.9 Å². The predicted molar refractivity (Wildman–Crippen MR) is 104 cm³/mol. The maximum Gasteiger partial charge on any atom is 0.345 e. The normalized spacial score (nSPS) is 10.1. The van der Waals surface area contributed by atoms with Crippen molar-refractivity contribution >= 4 is 39.2 Å². The molecule has 9 nitrogen and oxygen atoms in total. The summed E-state index contributed by atoms with van der Waals surface area (Å²) in [6.07, 6.45) is 0. The fourth-order valence-corrected chi connectivity index (χ4v) is 2.63. The number of nitrogens with one attached hydrogen (secondary N) is 1. The minimum Gasteiger partial charge on any atom is -0.493 e. The Morgan fingerprint density at radius 3 is 2.54 bits per heavy atom. The van der Waals surface area contributed by atoms with Gasteiger partial charge in [0.05, 0.1) is 30.4 Å². The lowest BCUT2D eigenvalue weighted by Gasteiger charge is -2.12. The highest BCUT2D eigenvalue weighted by atomic mass is 79.9. The van der Waals surface area contributed by atoms with Gasteiger partial charge in [-0.05, 0) is 35.0 Å². The Morgan fingerprint density at radius 1 is 1.21 bits per heavy atom. The summed E-state index contributed by atoms with van der Waals surface area (Å²) in [7, 11) is 1.33. The molecule has 0 aliphatic rings. The van der Waals surface area contributed by atoms with E-state index in [-0.39, 0.29) is 23.7 Å². The molecule has 2 rings (SSSR count). The van der Waals surface area contributed by atoms with E-state index >= 15 is 0 Å².